The van der Waals surface area contributed by atoms with Gasteiger partial charge in [-0.3, -0.25) is 10.0 Å². The van der Waals surface area contributed by atoms with E-state index in [2.05, 4.69) is 38.1 Å². The number of nitrogens with one attached hydrogen (secondary N) is 2. The zero-order chi connectivity index (χ0) is 17.9. The molecule has 1 amide bonds. The quantitative estimate of drug-likeness (QED) is 0.491. The number of rotatable bonds is 4. The van der Waals surface area contributed by atoms with Gasteiger partial charge in [0.25, 0.3) is 5.91 Å². The van der Waals surface area contributed by atoms with Gasteiger partial charge in [0.1, 0.15) is 5.65 Å². The van der Waals surface area contributed by atoms with Gasteiger partial charge in [0.15, 0.2) is 0 Å². The Bertz CT molecular complexity index is 913. The van der Waals surface area contributed by atoms with E-state index in [9.17, 15) is 4.79 Å². The number of pyridine rings is 1. The van der Waals surface area contributed by atoms with Crippen molar-refractivity contribution in [2.75, 3.05) is 31.1 Å². The molecule has 1 aliphatic rings. The topological polar surface area (TPSA) is 82.4 Å². The van der Waals surface area contributed by atoms with Crippen molar-refractivity contribution >= 4 is 22.6 Å². The maximum Gasteiger partial charge on any atom is 0.274 e. The molecule has 0 radical (unpaired) electrons. The van der Waals surface area contributed by atoms with E-state index in [4.69, 9.17) is 5.21 Å². The Balaban J connectivity index is 1.60. The monoisotopic (exact) mass is 351 g/mol. The summed E-state index contributed by atoms with van der Waals surface area (Å²) in [5.74, 6) is -0.509. The molecule has 3 heterocycles. The largest absolute Gasteiger partial charge is 0.368 e. The van der Waals surface area contributed by atoms with Crippen molar-refractivity contribution in [2.45, 2.75) is 6.54 Å². The van der Waals surface area contributed by atoms with E-state index in [0.29, 0.717) is 12.1 Å². The highest BCUT2D eigenvalue weighted by atomic mass is 16.5. The molecule has 26 heavy (non-hydrogen) atoms. The number of amides is 1. The van der Waals surface area contributed by atoms with Gasteiger partial charge in [0, 0.05) is 61.8 Å². The van der Waals surface area contributed by atoms with Gasteiger partial charge in [-0.1, -0.05) is 12.1 Å². The molecule has 4 rings (SSSR count). The highest BCUT2D eigenvalue weighted by Crippen LogP contribution is 2.27. The van der Waals surface area contributed by atoms with Gasteiger partial charge < -0.3 is 14.8 Å². The smallest absolute Gasteiger partial charge is 0.274 e. The SMILES string of the molecule is O=C(NO)c1ccc(Cn2ccc3c(N4CCNCC4)ccnc32)cc1. The highest BCUT2D eigenvalue weighted by molar-refractivity contribution is 5.93. The average molecular weight is 351 g/mol. The number of carbonyl (C=O) groups excluding carboxylic acids is 1. The first kappa shape index (κ1) is 16.6. The number of anilines is 1. The Kier molecular flexibility index (Phi) is 4.55. The first-order chi connectivity index (χ1) is 12.8. The van der Waals surface area contributed by atoms with Crippen molar-refractivity contribution in [3.8, 4) is 0 Å². The molecule has 134 valence electrons. The predicted octanol–water partition coefficient (Wildman–Crippen LogP) is 1.61. The number of piperazine rings is 1. The number of hydrogen-bond acceptors (Lipinski definition) is 5. The molecule has 0 spiro atoms. The molecule has 0 unspecified atom stereocenters. The van der Waals surface area contributed by atoms with Crippen LogP contribution in [-0.2, 0) is 6.54 Å². The lowest BCUT2D eigenvalue weighted by Crippen LogP contribution is -2.43. The van der Waals surface area contributed by atoms with Crippen molar-refractivity contribution in [1.29, 1.82) is 0 Å². The Hall–Kier alpha value is -2.90. The first-order valence-electron chi connectivity index (χ1n) is 8.69. The summed E-state index contributed by atoms with van der Waals surface area (Å²) >= 11 is 0. The summed E-state index contributed by atoms with van der Waals surface area (Å²) in [7, 11) is 0. The molecule has 3 N–H and O–H groups in total. The van der Waals surface area contributed by atoms with E-state index in [1.807, 2.05) is 18.3 Å². The second-order valence-corrected chi connectivity index (χ2v) is 6.39. The highest BCUT2D eigenvalue weighted by Gasteiger charge is 2.15. The molecule has 0 aliphatic carbocycles. The fourth-order valence-corrected chi connectivity index (χ4v) is 3.41. The van der Waals surface area contributed by atoms with Crippen LogP contribution < -0.4 is 15.7 Å². The van der Waals surface area contributed by atoms with Crippen LogP contribution >= 0.6 is 0 Å². The lowest BCUT2D eigenvalue weighted by molar-refractivity contribution is 0.0706. The number of hydroxylamine groups is 1. The average Bonchev–Trinajstić information content (AvgIpc) is 3.11. The number of fused-ring (bicyclic) bond motifs is 1. The molecule has 1 fully saturated rings. The van der Waals surface area contributed by atoms with Gasteiger partial charge in [-0.25, -0.2) is 10.5 Å². The summed E-state index contributed by atoms with van der Waals surface area (Å²) in [5, 5.41) is 13.2. The third-order valence-corrected chi connectivity index (χ3v) is 4.77. The van der Waals surface area contributed by atoms with Crippen LogP contribution in [0.2, 0.25) is 0 Å². The Labute approximate surface area is 151 Å². The van der Waals surface area contributed by atoms with Crippen LogP contribution in [-0.4, -0.2) is 46.8 Å². The van der Waals surface area contributed by atoms with Gasteiger partial charge in [0.05, 0.1) is 0 Å². The standard InChI is InChI=1S/C19H21N5O2/c25-19(22-26)15-3-1-14(2-4-15)13-24-10-6-16-17(5-7-21-18(16)24)23-11-8-20-9-12-23/h1-7,10,20,26H,8-9,11-13H2,(H,22,25). The second kappa shape index (κ2) is 7.15. The summed E-state index contributed by atoms with van der Waals surface area (Å²) in [6.45, 7) is 4.66. The summed E-state index contributed by atoms with van der Waals surface area (Å²) in [5.41, 5.74) is 5.31. The zero-order valence-corrected chi connectivity index (χ0v) is 14.4. The summed E-state index contributed by atoms with van der Waals surface area (Å²) < 4.78 is 2.11. The van der Waals surface area contributed by atoms with Gasteiger partial charge in [-0.2, -0.15) is 0 Å². The van der Waals surface area contributed by atoms with Crippen LogP contribution in [0.25, 0.3) is 11.0 Å². The fraction of sp³-hybridized carbons (Fsp3) is 0.263. The van der Waals surface area contributed by atoms with Crippen molar-refractivity contribution in [1.82, 2.24) is 20.3 Å². The van der Waals surface area contributed by atoms with Gasteiger partial charge in [-0.15, -0.1) is 0 Å². The number of nitrogens with zero attached hydrogens (tertiary/aromatic N) is 3. The minimum Gasteiger partial charge on any atom is -0.368 e. The van der Waals surface area contributed by atoms with E-state index in [0.717, 1.165) is 42.8 Å². The van der Waals surface area contributed by atoms with Crippen molar-refractivity contribution in [3.05, 3.63) is 59.9 Å². The molecule has 3 aromatic rings. The number of carbonyl (C=O) groups is 1. The van der Waals surface area contributed by atoms with Crippen LogP contribution in [0, 0.1) is 0 Å². The fourth-order valence-electron chi connectivity index (χ4n) is 3.41. The molecule has 7 heteroatoms. The lowest BCUT2D eigenvalue weighted by Gasteiger charge is -2.29. The first-order valence-corrected chi connectivity index (χ1v) is 8.69. The molecule has 1 aliphatic heterocycles. The van der Waals surface area contributed by atoms with Crippen molar-refractivity contribution < 1.29 is 10.0 Å². The van der Waals surface area contributed by atoms with Crippen LogP contribution in [0.15, 0.2) is 48.8 Å². The number of hydrogen-bond donors (Lipinski definition) is 3. The minimum absolute atomic E-state index is 0.424. The molecular formula is C19H21N5O2. The molecular weight excluding hydrogens is 330 g/mol. The summed E-state index contributed by atoms with van der Waals surface area (Å²) in [4.78, 5) is 18.4. The lowest BCUT2D eigenvalue weighted by atomic mass is 10.1. The van der Waals surface area contributed by atoms with Crippen LogP contribution in [0.5, 0.6) is 0 Å². The van der Waals surface area contributed by atoms with E-state index < -0.39 is 5.91 Å². The van der Waals surface area contributed by atoms with Gasteiger partial charge in [0.2, 0.25) is 0 Å². The number of aromatic nitrogens is 2. The zero-order valence-electron chi connectivity index (χ0n) is 14.4. The molecule has 0 bridgehead atoms. The Morgan fingerprint density at radius 3 is 2.65 bits per heavy atom. The minimum atomic E-state index is -0.509. The molecule has 7 nitrogen and oxygen atoms in total. The van der Waals surface area contributed by atoms with Crippen LogP contribution in [0.1, 0.15) is 15.9 Å². The van der Waals surface area contributed by atoms with Crippen molar-refractivity contribution in [3.63, 3.8) is 0 Å². The maximum absolute atomic E-state index is 11.4. The van der Waals surface area contributed by atoms with E-state index in [1.54, 1.807) is 17.6 Å². The third kappa shape index (κ3) is 3.14. The van der Waals surface area contributed by atoms with Crippen LogP contribution in [0.3, 0.4) is 0 Å². The second-order valence-electron chi connectivity index (χ2n) is 6.39. The molecule has 1 saturated heterocycles. The predicted molar refractivity (Wildman–Crippen MR) is 99.6 cm³/mol. The van der Waals surface area contributed by atoms with Crippen molar-refractivity contribution in [2.24, 2.45) is 0 Å². The summed E-state index contributed by atoms with van der Waals surface area (Å²) in [6.07, 6.45) is 3.92. The van der Waals surface area contributed by atoms with Gasteiger partial charge in [-0.05, 0) is 29.8 Å². The molecule has 0 saturated carbocycles. The molecule has 2 aromatic heterocycles. The summed E-state index contributed by atoms with van der Waals surface area (Å²) in [6, 6.07) is 11.4. The third-order valence-electron chi connectivity index (χ3n) is 4.77. The van der Waals surface area contributed by atoms with Gasteiger partial charge >= 0.3 is 0 Å². The van der Waals surface area contributed by atoms with E-state index in [1.165, 1.54) is 5.69 Å². The van der Waals surface area contributed by atoms with E-state index >= 15 is 0 Å². The molecule has 1 aromatic carbocycles. The Morgan fingerprint density at radius 2 is 1.92 bits per heavy atom. The number of benzene rings is 1. The normalized spacial score (nSPS) is 14.6. The maximum atomic E-state index is 11.4. The van der Waals surface area contributed by atoms with Crippen LogP contribution in [0.4, 0.5) is 5.69 Å². The Morgan fingerprint density at radius 1 is 1.15 bits per heavy atom. The molecule has 0 atom stereocenters. The van der Waals surface area contributed by atoms with E-state index in [-0.39, 0.29) is 0 Å².